The number of anilines is 3. The van der Waals surface area contributed by atoms with E-state index in [0.717, 1.165) is 12.1 Å². The van der Waals surface area contributed by atoms with Crippen LogP contribution in [0.25, 0.3) is 0 Å². The minimum absolute atomic E-state index is 0.192. The Balaban J connectivity index is 2.55. The van der Waals surface area contributed by atoms with Crippen LogP contribution in [0.1, 0.15) is 0 Å². The van der Waals surface area contributed by atoms with Crippen molar-refractivity contribution < 1.29 is 23.1 Å². The second-order valence-electron chi connectivity index (χ2n) is 4.29. The molecule has 2 rings (SSSR count). The number of nitro benzene ring substituents is 1. The Morgan fingerprint density at radius 3 is 2.23 bits per heavy atom. The van der Waals surface area contributed by atoms with E-state index < -0.39 is 25.6 Å². The SMILES string of the molecule is Nc1ccc(N(O)c2ccc(S(=O)(=O)O)cc2[N+](=O)[O-])cc1. The molecule has 116 valence electrons. The van der Waals surface area contributed by atoms with Gasteiger partial charge >= 0.3 is 0 Å². The first kappa shape index (κ1) is 15.7. The van der Waals surface area contributed by atoms with Gasteiger partial charge in [0.2, 0.25) is 0 Å². The lowest BCUT2D eigenvalue weighted by molar-refractivity contribution is -0.384. The largest absolute Gasteiger partial charge is 0.399 e. The zero-order valence-corrected chi connectivity index (χ0v) is 11.8. The lowest BCUT2D eigenvalue weighted by atomic mass is 10.2. The molecule has 0 amide bonds. The fraction of sp³-hybridized carbons (Fsp3) is 0. The van der Waals surface area contributed by atoms with Crippen LogP contribution in [0.5, 0.6) is 0 Å². The van der Waals surface area contributed by atoms with Crippen molar-refractivity contribution in [3.8, 4) is 0 Å². The van der Waals surface area contributed by atoms with Crippen LogP contribution in [-0.2, 0) is 10.1 Å². The molecule has 0 saturated heterocycles. The quantitative estimate of drug-likeness (QED) is 0.334. The van der Waals surface area contributed by atoms with E-state index >= 15 is 0 Å². The van der Waals surface area contributed by atoms with Gasteiger partial charge in [0.25, 0.3) is 15.8 Å². The molecule has 0 aromatic heterocycles. The van der Waals surface area contributed by atoms with E-state index in [4.69, 9.17) is 10.3 Å². The van der Waals surface area contributed by atoms with Gasteiger partial charge in [-0.25, -0.2) is 5.06 Å². The van der Waals surface area contributed by atoms with Crippen molar-refractivity contribution in [2.24, 2.45) is 0 Å². The molecule has 0 aliphatic rings. The summed E-state index contributed by atoms with van der Waals surface area (Å²) in [6.07, 6.45) is 0. The van der Waals surface area contributed by atoms with Crippen LogP contribution in [0.3, 0.4) is 0 Å². The van der Waals surface area contributed by atoms with Crippen molar-refractivity contribution in [2.75, 3.05) is 10.8 Å². The van der Waals surface area contributed by atoms with Crippen molar-refractivity contribution >= 4 is 32.9 Å². The van der Waals surface area contributed by atoms with Crippen LogP contribution in [0.4, 0.5) is 22.7 Å². The van der Waals surface area contributed by atoms with Crippen molar-refractivity contribution in [1.29, 1.82) is 0 Å². The van der Waals surface area contributed by atoms with E-state index in [-0.39, 0.29) is 11.4 Å². The molecule has 2 aromatic rings. The van der Waals surface area contributed by atoms with Crippen LogP contribution in [0.2, 0.25) is 0 Å². The molecule has 0 fully saturated rings. The maximum Gasteiger partial charge on any atom is 0.296 e. The highest BCUT2D eigenvalue weighted by atomic mass is 32.2. The fourth-order valence-electron chi connectivity index (χ4n) is 1.74. The number of hydrogen-bond donors (Lipinski definition) is 3. The lowest BCUT2D eigenvalue weighted by Gasteiger charge is -2.17. The molecule has 0 atom stereocenters. The van der Waals surface area contributed by atoms with E-state index in [9.17, 15) is 23.7 Å². The Labute approximate surface area is 125 Å². The summed E-state index contributed by atoms with van der Waals surface area (Å²) in [5, 5.41) is 21.7. The smallest absolute Gasteiger partial charge is 0.296 e. The number of rotatable bonds is 4. The van der Waals surface area contributed by atoms with Gasteiger partial charge in [-0.2, -0.15) is 8.42 Å². The summed E-state index contributed by atoms with van der Waals surface area (Å²) in [5.74, 6) is 0. The van der Waals surface area contributed by atoms with Crippen LogP contribution in [0.15, 0.2) is 47.4 Å². The van der Waals surface area contributed by atoms with Gasteiger partial charge < -0.3 is 5.73 Å². The molecule has 0 bridgehead atoms. The molecule has 0 saturated carbocycles. The first-order valence-electron chi connectivity index (χ1n) is 5.80. The number of nitrogen functional groups attached to an aromatic ring is 1. The second kappa shape index (κ2) is 5.60. The number of hydrogen-bond acceptors (Lipinski definition) is 7. The Hall–Kier alpha value is -2.69. The Morgan fingerprint density at radius 1 is 1.14 bits per heavy atom. The van der Waals surface area contributed by atoms with E-state index in [0.29, 0.717) is 16.8 Å². The summed E-state index contributed by atoms with van der Waals surface area (Å²) in [7, 11) is -4.59. The van der Waals surface area contributed by atoms with E-state index in [2.05, 4.69) is 0 Å². The number of nitrogens with two attached hydrogens (primary N) is 1. The third kappa shape index (κ3) is 3.14. The van der Waals surface area contributed by atoms with Crippen molar-refractivity contribution in [2.45, 2.75) is 4.90 Å². The maximum atomic E-state index is 11.1. The highest BCUT2D eigenvalue weighted by molar-refractivity contribution is 7.85. The second-order valence-corrected chi connectivity index (χ2v) is 5.71. The van der Waals surface area contributed by atoms with E-state index in [1.807, 2.05) is 0 Å². The Morgan fingerprint density at radius 2 is 1.73 bits per heavy atom. The number of benzene rings is 2. The van der Waals surface area contributed by atoms with Crippen LogP contribution in [-0.4, -0.2) is 23.1 Å². The monoisotopic (exact) mass is 325 g/mol. The van der Waals surface area contributed by atoms with E-state index in [1.54, 1.807) is 0 Å². The van der Waals surface area contributed by atoms with Crippen molar-refractivity contribution in [3.05, 3.63) is 52.6 Å². The highest BCUT2D eigenvalue weighted by Crippen LogP contribution is 2.34. The zero-order valence-electron chi connectivity index (χ0n) is 10.9. The average molecular weight is 325 g/mol. The molecule has 10 heteroatoms. The van der Waals surface area contributed by atoms with Gasteiger partial charge in [-0.15, -0.1) is 0 Å². The summed E-state index contributed by atoms with van der Waals surface area (Å²) in [6, 6.07) is 8.43. The van der Waals surface area contributed by atoms with Gasteiger partial charge in [-0.1, -0.05) is 0 Å². The van der Waals surface area contributed by atoms with Gasteiger partial charge in [-0.3, -0.25) is 19.9 Å². The number of nitro groups is 1. The number of nitrogens with zero attached hydrogens (tertiary/aromatic N) is 2. The predicted molar refractivity (Wildman–Crippen MR) is 77.7 cm³/mol. The van der Waals surface area contributed by atoms with Gasteiger partial charge in [0.1, 0.15) is 10.6 Å². The molecular weight excluding hydrogens is 314 g/mol. The first-order chi connectivity index (χ1) is 10.2. The zero-order chi connectivity index (χ0) is 16.5. The molecule has 22 heavy (non-hydrogen) atoms. The molecular formula is C12H11N3O6S. The molecule has 0 spiro atoms. The molecule has 9 nitrogen and oxygen atoms in total. The maximum absolute atomic E-state index is 11.1. The molecule has 2 aromatic carbocycles. The van der Waals surface area contributed by atoms with Gasteiger partial charge in [0.05, 0.1) is 10.6 Å². The van der Waals surface area contributed by atoms with Gasteiger partial charge in [-0.05, 0) is 36.4 Å². The Bertz CT molecular complexity index is 819. The molecule has 0 aliphatic carbocycles. The van der Waals surface area contributed by atoms with Crippen molar-refractivity contribution in [1.82, 2.24) is 0 Å². The lowest BCUT2D eigenvalue weighted by Crippen LogP contribution is -2.13. The summed E-state index contributed by atoms with van der Waals surface area (Å²) >= 11 is 0. The molecule has 4 N–H and O–H groups in total. The summed E-state index contributed by atoms with van der Waals surface area (Å²) in [5.41, 5.74) is 5.19. The average Bonchev–Trinajstić information content (AvgIpc) is 2.45. The fourth-order valence-corrected chi connectivity index (χ4v) is 2.24. The minimum atomic E-state index is -4.59. The summed E-state index contributed by atoms with van der Waals surface area (Å²) in [4.78, 5) is 9.55. The van der Waals surface area contributed by atoms with Crippen molar-refractivity contribution in [3.63, 3.8) is 0 Å². The molecule has 0 unspecified atom stereocenters. The normalized spacial score (nSPS) is 11.2. The van der Waals surface area contributed by atoms with Gasteiger partial charge in [0.15, 0.2) is 0 Å². The molecule has 0 heterocycles. The van der Waals surface area contributed by atoms with Gasteiger partial charge in [0, 0.05) is 11.8 Å². The predicted octanol–water partition coefficient (Wildman–Crippen LogP) is 1.95. The first-order valence-corrected chi connectivity index (χ1v) is 7.24. The van der Waals surface area contributed by atoms with Crippen LogP contribution >= 0.6 is 0 Å². The van der Waals surface area contributed by atoms with E-state index in [1.165, 1.54) is 24.3 Å². The topological polar surface area (TPSA) is 147 Å². The Kier molecular flexibility index (Phi) is 3.99. The molecule has 0 aliphatic heterocycles. The summed E-state index contributed by atoms with van der Waals surface area (Å²) in [6.45, 7) is 0. The third-order valence-electron chi connectivity index (χ3n) is 2.81. The standard InChI is InChI=1S/C12H11N3O6S/c13-8-1-3-9(4-2-8)14(16)11-6-5-10(22(19,20)21)7-12(11)15(17)18/h1-7,16H,13H2,(H,19,20,21). The van der Waals surface area contributed by atoms with Crippen LogP contribution < -0.4 is 10.8 Å². The van der Waals surface area contributed by atoms with Crippen LogP contribution in [0, 0.1) is 10.1 Å². The molecule has 0 radical (unpaired) electrons. The minimum Gasteiger partial charge on any atom is -0.399 e. The summed E-state index contributed by atoms with van der Waals surface area (Å²) < 4.78 is 31.0. The highest BCUT2D eigenvalue weighted by Gasteiger charge is 2.23. The third-order valence-corrected chi connectivity index (χ3v) is 3.66.